The Morgan fingerprint density at radius 2 is 1.96 bits per heavy atom. The summed E-state index contributed by atoms with van der Waals surface area (Å²) in [5, 5.41) is 4.25. The number of aromatic nitrogens is 1. The molecule has 122 valence electrons. The zero-order valence-electron chi connectivity index (χ0n) is 13.8. The van der Waals surface area contributed by atoms with Gasteiger partial charge in [0.2, 0.25) is 5.91 Å². The first kappa shape index (κ1) is 14.9. The summed E-state index contributed by atoms with van der Waals surface area (Å²) in [4.78, 5) is 19.4. The van der Waals surface area contributed by atoms with Crippen molar-refractivity contribution in [2.24, 2.45) is 5.92 Å². The maximum Gasteiger partial charge on any atom is 0.223 e. The van der Waals surface area contributed by atoms with Gasteiger partial charge in [-0.3, -0.25) is 4.79 Å². The van der Waals surface area contributed by atoms with E-state index >= 15 is 0 Å². The van der Waals surface area contributed by atoms with Crippen molar-refractivity contribution in [1.29, 1.82) is 0 Å². The summed E-state index contributed by atoms with van der Waals surface area (Å²) in [6.07, 6.45) is 4.20. The van der Waals surface area contributed by atoms with Crippen LogP contribution in [-0.4, -0.2) is 30.0 Å². The third kappa shape index (κ3) is 3.07. The lowest BCUT2D eigenvalue weighted by atomic mass is 9.96. The molecule has 1 amide bonds. The van der Waals surface area contributed by atoms with E-state index in [0.717, 1.165) is 49.4 Å². The van der Waals surface area contributed by atoms with Gasteiger partial charge in [-0.1, -0.05) is 17.4 Å². The molecule has 1 aromatic heterocycles. The molecule has 4 rings (SSSR count). The minimum Gasteiger partial charge on any atom is -0.353 e. The van der Waals surface area contributed by atoms with E-state index in [1.165, 1.54) is 15.8 Å². The maximum atomic E-state index is 12.2. The van der Waals surface area contributed by atoms with Gasteiger partial charge in [-0.05, 0) is 56.7 Å². The van der Waals surface area contributed by atoms with Crippen LogP contribution in [0.15, 0.2) is 12.1 Å². The summed E-state index contributed by atoms with van der Waals surface area (Å²) in [6.45, 7) is 6.13. The van der Waals surface area contributed by atoms with Gasteiger partial charge in [0.1, 0.15) is 0 Å². The highest BCUT2D eigenvalue weighted by atomic mass is 32.1. The fourth-order valence-corrected chi connectivity index (χ4v) is 4.57. The molecule has 0 bridgehead atoms. The SMILES string of the molecule is Cc1cc(C)c2nc(N3CCC(C(=O)NC4CC4)CC3)sc2c1. The molecule has 0 atom stereocenters. The average Bonchev–Trinajstić information content (AvgIpc) is 3.23. The molecule has 1 aliphatic carbocycles. The largest absolute Gasteiger partial charge is 0.353 e. The molecule has 0 unspecified atom stereocenters. The van der Waals surface area contributed by atoms with Crippen molar-refractivity contribution in [2.75, 3.05) is 18.0 Å². The zero-order chi connectivity index (χ0) is 16.0. The molecule has 1 saturated heterocycles. The number of nitrogens with one attached hydrogen (secondary N) is 1. The molecule has 5 heteroatoms. The monoisotopic (exact) mass is 329 g/mol. The third-order valence-corrected chi connectivity index (χ3v) is 5.94. The van der Waals surface area contributed by atoms with Gasteiger partial charge in [0.25, 0.3) is 0 Å². The van der Waals surface area contributed by atoms with E-state index in [-0.39, 0.29) is 11.8 Å². The summed E-state index contributed by atoms with van der Waals surface area (Å²) in [6, 6.07) is 4.88. The number of piperidine rings is 1. The molecule has 2 aliphatic rings. The van der Waals surface area contributed by atoms with Crippen molar-refractivity contribution < 1.29 is 4.79 Å². The lowest BCUT2D eigenvalue weighted by Gasteiger charge is -2.31. The number of thiazole rings is 1. The summed E-state index contributed by atoms with van der Waals surface area (Å²) in [5.41, 5.74) is 3.67. The Balaban J connectivity index is 1.45. The summed E-state index contributed by atoms with van der Waals surface area (Å²) >= 11 is 1.78. The quantitative estimate of drug-likeness (QED) is 0.938. The first-order valence-electron chi connectivity index (χ1n) is 8.53. The number of hydrogen-bond acceptors (Lipinski definition) is 4. The second kappa shape index (κ2) is 5.78. The van der Waals surface area contributed by atoms with Crippen LogP contribution in [-0.2, 0) is 4.79 Å². The maximum absolute atomic E-state index is 12.2. The second-order valence-corrected chi connectivity index (χ2v) is 7.98. The van der Waals surface area contributed by atoms with Gasteiger partial charge >= 0.3 is 0 Å². The van der Waals surface area contributed by atoms with E-state index in [4.69, 9.17) is 4.98 Å². The Kier molecular flexibility index (Phi) is 3.76. The Labute approximate surface area is 140 Å². The van der Waals surface area contributed by atoms with Crippen LogP contribution < -0.4 is 10.2 Å². The van der Waals surface area contributed by atoms with Gasteiger partial charge in [0, 0.05) is 25.0 Å². The molecule has 1 saturated carbocycles. The zero-order valence-corrected chi connectivity index (χ0v) is 14.6. The molecule has 0 spiro atoms. The van der Waals surface area contributed by atoms with Crippen LogP contribution in [0.4, 0.5) is 5.13 Å². The summed E-state index contributed by atoms with van der Waals surface area (Å²) in [5.74, 6) is 0.452. The molecule has 1 N–H and O–H groups in total. The smallest absolute Gasteiger partial charge is 0.223 e. The molecule has 1 aliphatic heterocycles. The topological polar surface area (TPSA) is 45.2 Å². The van der Waals surface area contributed by atoms with Crippen LogP contribution in [0, 0.1) is 19.8 Å². The van der Waals surface area contributed by atoms with Crippen molar-refractivity contribution in [3.8, 4) is 0 Å². The number of benzene rings is 1. The van der Waals surface area contributed by atoms with E-state index in [0.29, 0.717) is 6.04 Å². The molecule has 2 heterocycles. The van der Waals surface area contributed by atoms with Gasteiger partial charge in [-0.25, -0.2) is 4.98 Å². The highest BCUT2D eigenvalue weighted by Gasteiger charge is 2.30. The van der Waals surface area contributed by atoms with Crippen LogP contribution in [0.3, 0.4) is 0 Å². The highest BCUT2D eigenvalue weighted by Crippen LogP contribution is 2.33. The normalized spacial score (nSPS) is 19.3. The lowest BCUT2D eigenvalue weighted by Crippen LogP contribution is -2.41. The van der Waals surface area contributed by atoms with Gasteiger partial charge in [0.15, 0.2) is 5.13 Å². The van der Waals surface area contributed by atoms with Crippen LogP contribution in [0.25, 0.3) is 10.2 Å². The summed E-state index contributed by atoms with van der Waals surface area (Å²) < 4.78 is 1.27. The van der Waals surface area contributed by atoms with Crippen LogP contribution in [0.5, 0.6) is 0 Å². The van der Waals surface area contributed by atoms with Crippen LogP contribution in [0.2, 0.25) is 0 Å². The van der Waals surface area contributed by atoms with Crippen LogP contribution >= 0.6 is 11.3 Å². The first-order valence-corrected chi connectivity index (χ1v) is 9.35. The van der Waals surface area contributed by atoms with Gasteiger partial charge < -0.3 is 10.2 Å². The number of anilines is 1. The molecular formula is C18H23N3OS. The Morgan fingerprint density at radius 3 is 2.65 bits per heavy atom. The fraction of sp³-hybridized carbons (Fsp3) is 0.556. The van der Waals surface area contributed by atoms with Crippen LogP contribution in [0.1, 0.15) is 36.8 Å². The highest BCUT2D eigenvalue weighted by molar-refractivity contribution is 7.22. The van der Waals surface area contributed by atoms with Crippen molar-refractivity contribution in [3.63, 3.8) is 0 Å². The molecule has 2 aromatic rings. The molecule has 2 fully saturated rings. The third-order valence-electron chi connectivity index (χ3n) is 4.88. The molecular weight excluding hydrogens is 306 g/mol. The number of hydrogen-bond donors (Lipinski definition) is 1. The van der Waals surface area contributed by atoms with Crippen molar-refractivity contribution >= 4 is 32.6 Å². The minimum absolute atomic E-state index is 0.185. The van der Waals surface area contributed by atoms with E-state index in [1.807, 2.05) is 0 Å². The van der Waals surface area contributed by atoms with Gasteiger partial charge in [-0.2, -0.15) is 0 Å². The predicted octanol–water partition coefficient (Wildman–Crippen LogP) is 3.41. The number of rotatable bonds is 3. The lowest BCUT2D eigenvalue weighted by molar-refractivity contribution is -0.125. The molecule has 4 nitrogen and oxygen atoms in total. The minimum atomic E-state index is 0.185. The van der Waals surface area contributed by atoms with Crippen molar-refractivity contribution in [1.82, 2.24) is 10.3 Å². The van der Waals surface area contributed by atoms with E-state index in [1.54, 1.807) is 11.3 Å². The van der Waals surface area contributed by atoms with Crippen molar-refractivity contribution in [2.45, 2.75) is 45.6 Å². The number of fused-ring (bicyclic) bond motifs is 1. The standard InChI is InChI=1S/C18H23N3OS/c1-11-9-12(2)16-15(10-11)23-18(20-16)21-7-5-13(6-8-21)17(22)19-14-3-4-14/h9-10,13-14H,3-8H2,1-2H3,(H,19,22). The summed E-state index contributed by atoms with van der Waals surface area (Å²) in [7, 11) is 0. The Hall–Kier alpha value is -1.62. The first-order chi connectivity index (χ1) is 11.1. The van der Waals surface area contributed by atoms with E-state index in [9.17, 15) is 4.79 Å². The second-order valence-electron chi connectivity index (χ2n) is 6.97. The molecule has 1 aromatic carbocycles. The average molecular weight is 329 g/mol. The van der Waals surface area contributed by atoms with E-state index < -0.39 is 0 Å². The number of carbonyl (C=O) groups is 1. The predicted molar refractivity (Wildman–Crippen MR) is 95.2 cm³/mol. The number of aryl methyl sites for hydroxylation is 2. The van der Waals surface area contributed by atoms with Gasteiger partial charge in [0.05, 0.1) is 10.2 Å². The number of nitrogens with zero attached hydrogens (tertiary/aromatic N) is 2. The van der Waals surface area contributed by atoms with Crippen molar-refractivity contribution in [3.05, 3.63) is 23.3 Å². The van der Waals surface area contributed by atoms with Gasteiger partial charge in [-0.15, -0.1) is 0 Å². The Morgan fingerprint density at radius 1 is 1.22 bits per heavy atom. The number of carbonyl (C=O) groups excluding carboxylic acids is 1. The van der Waals surface area contributed by atoms with E-state index in [2.05, 4.69) is 36.2 Å². The molecule has 0 radical (unpaired) electrons. The number of amides is 1. The molecule has 23 heavy (non-hydrogen) atoms. The fourth-order valence-electron chi connectivity index (χ4n) is 3.37. The Bertz CT molecular complexity index is 742.